The molecule has 0 radical (unpaired) electrons. The lowest BCUT2D eigenvalue weighted by Crippen LogP contribution is -2.33. The van der Waals surface area contributed by atoms with E-state index in [4.69, 9.17) is 25.8 Å². The first-order valence-electron chi connectivity index (χ1n) is 17.5. The Morgan fingerprint density at radius 3 is 1.87 bits per heavy atom. The lowest BCUT2D eigenvalue weighted by Gasteiger charge is -2.35. The Morgan fingerprint density at radius 1 is 0.689 bits per heavy atom. The van der Waals surface area contributed by atoms with E-state index in [2.05, 4.69) is 9.80 Å². The highest BCUT2D eigenvalue weighted by Gasteiger charge is 2.28. The van der Waals surface area contributed by atoms with E-state index in [0.717, 1.165) is 23.2 Å². The van der Waals surface area contributed by atoms with Gasteiger partial charge in [-0.15, -0.1) is 0 Å². The van der Waals surface area contributed by atoms with Gasteiger partial charge < -0.3 is 29.2 Å². The predicted octanol–water partition coefficient (Wildman–Crippen LogP) is 6.46. The monoisotopic (exact) mass is 615 g/mol. The number of phenols is 2. The number of nitrogens with zero attached hydrogens (tertiary/aromatic N) is 2. The van der Waals surface area contributed by atoms with Crippen molar-refractivity contribution >= 4 is 0 Å². The molecule has 2 heterocycles. The highest BCUT2D eigenvalue weighted by Crippen LogP contribution is 2.41. The van der Waals surface area contributed by atoms with Gasteiger partial charge >= 0.3 is 0 Å². The minimum Gasteiger partial charge on any atom is -0.504 e. The second-order valence-corrected chi connectivity index (χ2v) is 11.6. The van der Waals surface area contributed by atoms with E-state index in [1.54, 1.807) is 24.3 Å². The molecular formula is C37H42N2O6. The molecule has 4 aromatic carbocycles. The van der Waals surface area contributed by atoms with Crippen LogP contribution < -0.4 is 18.9 Å². The molecule has 6 rings (SSSR count). The number of benzene rings is 4. The molecule has 0 aliphatic carbocycles. The minimum atomic E-state index is -0.364. The Bertz CT molecular complexity index is 1940. The first kappa shape index (κ1) is 24.9. The average Bonchev–Trinajstić information content (AvgIpc) is 3.10. The van der Waals surface area contributed by atoms with Crippen LogP contribution in [0.2, 0.25) is 0 Å². The number of likely N-dealkylation sites (N-methyl/N-ethyl adjacent to an activating group) is 2. The van der Waals surface area contributed by atoms with Gasteiger partial charge in [0.1, 0.15) is 5.75 Å². The van der Waals surface area contributed by atoms with Gasteiger partial charge in [-0.2, -0.15) is 0 Å². The van der Waals surface area contributed by atoms with Crippen LogP contribution >= 0.6 is 0 Å². The molecule has 0 spiro atoms. The number of phenolic OH excluding ortho intramolecular Hbond substituents is 2. The third kappa shape index (κ3) is 6.26. The molecule has 45 heavy (non-hydrogen) atoms. The number of hydrogen-bond acceptors (Lipinski definition) is 8. The topological polar surface area (TPSA) is 83.9 Å². The molecule has 2 N–H and O–H groups in total. The van der Waals surface area contributed by atoms with E-state index in [1.807, 2.05) is 26.2 Å². The standard InChI is InChI=1S/C37H42N2O6/c1-38-15-13-26-20-36(43-4)37(44-5)22-29(26)30(38)16-23-6-9-27(10-7-23)45-35-18-24(8-11-32(35)40)17-31-28-21-33(41)34(42-3)19-25(28)12-14-39(31)2/h6-11,18-22,30-31,40-41H,12-17H2,1-5H3/t30-,31-/m1/s1/i11D,19D,20D,21D,22D. The number of fused-ring (bicyclic) bond motifs is 2. The van der Waals surface area contributed by atoms with Gasteiger partial charge in [-0.25, -0.2) is 0 Å². The van der Waals surface area contributed by atoms with Crippen LogP contribution in [0.3, 0.4) is 0 Å². The van der Waals surface area contributed by atoms with Crippen LogP contribution in [0.15, 0.2) is 66.6 Å². The van der Waals surface area contributed by atoms with Crippen LogP contribution in [-0.4, -0.2) is 68.5 Å². The highest BCUT2D eigenvalue weighted by molar-refractivity contribution is 5.51. The first-order chi connectivity index (χ1) is 23.9. The number of ether oxygens (including phenoxy) is 4. The Labute approximate surface area is 272 Å². The summed E-state index contributed by atoms with van der Waals surface area (Å²) in [5.74, 6) is 0.452. The molecule has 0 unspecified atom stereocenters. The van der Waals surface area contributed by atoms with Crippen molar-refractivity contribution in [2.75, 3.05) is 48.5 Å². The minimum absolute atomic E-state index is 0.00329. The van der Waals surface area contributed by atoms with Gasteiger partial charge in [-0.05, 0) is 122 Å². The van der Waals surface area contributed by atoms with Gasteiger partial charge in [0, 0.05) is 25.2 Å². The van der Waals surface area contributed by atoms with Gasteiger partial charge in [0.25, 0.3) is 0 Å². The third-order valence-corrected chi connectivity index (χ3v) is 8.83. The summed E-state index contributed by atoms with van der Waals surface area (Å²) >= 11 is 0. The van der Waals surface area contributed by atoms with Crippen LogP contribution in [0.1, 0.15) is 52.3 Å². The van der Waals surface area contributed by atoms with E-state index >= 15 is 0 Å². The molecule has 0 aromatic heterocycles. The fraction of sp³-hybridized carbons (Fsp3) is 0.351. The normalized spacial score (nSPS) is 19.7. The van der Waals surface area contributed by atoms with E-state index in [0.29, 0.717) is 54.7 Å². The molecule has 8 nitrogen and oxygen atoms in total. The van der Waals surface area contributed by atoms with Crippen molar-refractivity contribution in [3.8, 4) is 40.2 Å². The van der Waals surface area contributed by atoms with Gasteiger partial charge in [0.05, 0.1) is 28.2 Å². The van der Waals surface area contributed by atoms with Crippen molar-refractivity contribution < 1.29 is 36.0 Å². The van der Waals surface area contributed by atoms with Crippen LogP contribution in [0.4, 0.5) is 0 Å². The number of rotatable bonds is 9. The average molecular weight is 616 g/mol. The zero-order valence-corrected chi connectivity index (χ0v) is 26.3. The summed E-state index contributed by atoms with van der Waals surface area (Å²) in [5, 5.41) is 21.5. The maximum atomic E-state index is 10.8. The van der Waals surface area contributed by atoms with Gasteiger partial charge in [0.15, 0.2) is 34.5 Å². The summed E-state index contributed by atoms with van der Waals surface area (Å²) < 4.78 is 65.7. The zero-order valence-electron chi connectivity index (χ0n) is 31.3. The summed E-state index contributed by atoms with van der Waals surface area (Å²) in [5.41, 5.74) is 4.46. The second-order valence-electron chi connectivity index (χ2n) is 11.6. The van der Waals surface area contributed by atoms with Crippen molar-refractivity contribution in [2.24, 2.45) is 0 Å². The number of hydrogen-bond donors (Lipinski definition) is 2. The van der Waals surface area contributed by atoms with Crippen molar-refractivity contribution in [1.82, 2.24) is 9.80 Å². The van der Waals surface area contributed by atoms with Crippen LogP contribution in [0, 0.1) is 0 Å². The Balaban J connectivity index is 1.25. The molecule has 0 saturated heterocycles. The maximum absolute atomic E-state index is 10.8. The molecule has 2 aliphatic heterocycles. The van der Waals surface area contributed by atoms with Crippen LogP contribution in [-0.2, 0) is 25.7 Å². The molecule has 0 saturated carbocycles. The smallest absolute Gasteiger partial charge is 0.169 e. The van der Waals surface area contributed by atoms with Gasteiger partial charge in [-0.1, -0.05) is 18.2 Å². The van der Waals surface area contributed by atoms with E-state index < -0.39 is 0 Å². The molecule has 2 atom stereocenters. The van der Waals surface area contributed by atoms with E-state index in [9.17, 15) is 10.2 Å². The molecule has 0 fully saturated rings. The first-order valence-corrected chi connectivity index (χ1v) is 15.0. The SMILES string of the molecule is [2H]c1cc(C[C@@H]2c3c([2H])c(O)c(OC)c([2H])c3CCN2C)cc(Oc2ccc(C[C@@H]3c4c([2H])c(OC)c(OC)c([2H])c4CCN3C)cc2)c1O. The number of methoxy groups -OCH3 is 3. The fourth-order valence-electron chi connectivity index (χ4n) is 6.26. The molecule has 0 bridgehead atoms. The molecular weight excluding hydrogens is 568 g/mol. The van der Waals surface area contributed by atoms with E-state index in [1.165, 1.54) is 21.3 Å². The van der Waals surface area contributed by atoms with Gasteiger partial charge in [0.2, 0.25) is 0 Å². The lowest BCUT2D eigenvalue weighted by molar-refractivity contribution is 0.228. The third-order valence-electron chi connectivity index (χ3n) is 8.83. The molecule has 4 aromatic rings. The van der Waals surface area contributed by atoms with Crippen LogP contribution in [0.5, 0.6) is 40.2 Å². The maximum Gasteiger partial charge on any atom is 0.169 e. The molecule has 8 heteroatoms. The quantitative estimate of drug-likeness (QED) is 0.222. The van der Waals surface area contributed by atoms with Crippen LogP contribution in [0.25, 0.3) is 0 Å². The fourth-order valence-corrected chi connectivity index (χ4v) is 6.26. The predicted molar refractivity (Wildman–Crippen MR) is 174 cm³/mol. The summed E-state index contributed by atoms with van der Waals surface area (Å²) in [6, 6.07) is 10.6. The van der Waals surface area contributed by atoms with Crippen molar-refractivity contribution in [3.05, 3.63) is 100.0 Å². The molecule has 2 aliphatic rings. The highest BCUT2D eigenvalue weighted by atomic mass is 16.5. The Kier molecular flexibility index (Phi) is 7.13. The molecule has 0 amide bonds. The largest absolute Gasteiger partial charge is 0.504 e. The summed E-state index contributed by atoms with van der Waals surface area (Å²) in [7, 11) is 8.28. The lowest BCUT2D eigenvalue weighted by atomic mass is 9.88. The summed E-state index contributed by atoms with van der Waals surface area (Å²) in [6.07, 6.45) is 2.11. The molecule has 236 valence electrons. The Hall–Kier alpha value is -4.40. The van der Waals surface area contributed by atoms with E-state index in [-0.39, 0.29) is 76.8 Å². The Morgan fingerprint density at radius 2 is 1.24 bits per heavy atom. The zero-order chi connectivity index (χ0) is 36.0. The summed E-state index contributed by atoms with van der Waals surface area (Å²) in [6.45, 7) is 1.37. The second kappa shape index (κ2) is 12.9. The van der Waals surface area contributed by atoms with Gasteiger partial charge in [-0.3, -0.25) is 9.80 Å². The van der Waals surface area contributed by atoms with Crippen molar-refractivity contribution in [2.45, 2.75) is 37.8 Å². The summed E-state index contributed by atoms with van der Waals surface area (Å²) in [4.78, 5) is 4.24. The van der Waals surface area contributed by atoms with Crippen molar-refractivity contribution in [1.29, 1.82) is 0 Å². The van der Waals surface area contributed by atoms with Crippen molar-refractivity contribution in [3.63, 3.8) is 0 Å². The number of aromatic hydroxyl groups is 2.